The summed E-state index contributed by atoms with van der Waals surface area (Å²) in [5.74, 6) is 1.70. The van der Waals surface area contributed by atoms with Gasteiger partial charge in [-0.15, -0.1) is 0 Å². The first-order valence-electron chi connectivity index (χ1n) is 9.31. The predicted molar refractivity (Wildman–Crippen MR) is 105 cm³/mol. The van der Waals surface area contributed by atoms with Crippen molar-refractivity contribution in [3.8, 4) is 0 Å². The second-order valence-corrected chi connectivity index (χ2v) is 6.99. The van der Waals surface area contributed by atoms with Crippen LogP contribution in [0.3, 0.4) is 0 Å². The monoisotopic (exact) mass is 346 g/mol. The molecule has 1 aliphatic rings. The molecule has 1 heterocycles. The Morgan fingerprint density at radius 3 is 2.68 bits per heavy atom. The fourth-order valence-electron chi connectivity index (χ4n) is 3.37. The lowest BCUT2D eigenvalue weighted by Crippen LogP contribution is -2.43. The van der Waals surface area contributed by atoms with Crippen molar-refractivity contribution in [2.45, 2.75) is 26.3 Å². The normalized spacial score (nSPS) is 16.9. The minimum atomic E-state index is 0.724. The van der Waals surface area contributed by atoms with E-state index in [-0.39, 0.29) is 0 Å². The Hall–Kier alpha value is -1.59. The van der Waals surface area contributed by atoms with Gasteiger partial charge in [0.2, 0.25) is 0 Å². The minimum Gasteiger partial charge on any atom is -0.383 e. The fourth-order valence-corrected chi connectivity index (χ4v) is 3.37. The lowest BCUT2D eigenvalue weighted by Gasteiger charge is -2.32. The summed E-state index contributed by atoms with van der Waals surface area (Å²) in [6, 6.07) is 8.54. The van der Waals surface area contributed by atoms with Crippen LogP contribution in [-0.4, -0.2) is 69.8 Å². The lowest BCUT2D eigenvalue weighted by molar-refractivity contribution is 0.120. The molecule has 1 aliphatic heterocycles. The van der Waals surface area contributed by atoms with E-state index in [1.54, 1.807) is 7.11 Å². The van der Waals surface area contributed by atoms with Gasteiger partial charge in [0.15, 0.2) is 5.96 Å². The third kappa shape index (κ3) is 6.33. The molecule has 0 aliphatic carbocycles. The third-order valence-corrected chi connectivity index (χ3v) is 5.11. The molecule has 25 heavy (non-hydrogen) atoms. The van der Waals surface area contributed by atoms with Crippen LogP contribution in [-0.2, 0) is 11.3 Å². The standard InChI is InChI=1S/C20H34N4O/c1-17-7-5-6-8-19(17)16-23(3)20(21-2)22-15-18-9-11-24(12-10-18)13-14-25-4/h5-8,18H,9-16H2,1-4H3,(H,21,22). The van der Waals surface area contributed by atoms with Gasteiger partial charge in [-0.25, -0.2) is 0 Å². The molecule has 5 heteroatoms. The van der Waals surface area contributed by atoms with Crippen molar-refractivity contribution in [2.24, 2.45) is 10.9 Å². The van der Waals surface area contributed by atoms with Crippen LogP contribution in [0.2, 0.25) is 0 Å². The molecule has 1 N–H and O–H groups in total. The molecule has 140 valence electrons. The quantitative estimate of drug-likeness (QED) is 0.608. The highest BCUT2D eigenvalue weighted by Gasteiger charge is 2.19. The van der Waals surface area contributed by atoms with Gasteiger partial charge in [-0.05, 0) is 49.9 Å². The molecule has 1 aromatic rings. The van der Waals surface area contributed by atoms with E-state index in [1.807, 2.05) is 7.05 Å². The van der Waals surface area contributed by atoms with Crippen LogP contribution in [0.1, 0.15) is 24.0 Å². The van der Waals surface area contributed by atoms with Crippen molar-refractivity contribution in [3.05, 3.63) is 35.4 Å². The summed E-state index contributed by atoms with van der Waals surface area (Å²) in [5, 5.41) is 3.57. The van der Waals surface area contributed by atoms with Gasteiger partial charge in [0.1, 0.15) is 0 Å². The zero-order valence-corrected chi connectivity index (χ0v) is 16.3. The second kappa shape index (κ2) is 10.4. The molecular formula is C20H34N4O. The van der Waals surface area contributed by atoms with Gasteiger partial charge in [0.25, 0.3) is 0 Å². The van der Waals surface area contributed by atoms with Crippen LogP contribution in [0.15, 0.2) is 29.3 Å². The van der Waals surface area contributed by atoms with Crippen LogP contribution in [0.5, 0.6) is 0 Å². The average molecular weight is 347 g/mol. The van der Waals surface area contributed by atoms with Crippen molar-refractivity contribution in [2.75, 3.05) is 54.0 Å². The van der Waals surface area contributed by atoms with Crippen LogP contribution in [0, 0.1) is 12.8 Å². The van der Waals surface area contributed by atoms with Crippen LogP contribution in [0.25, 0.3) is 0 Å². The Labute approximate surface area is 153 Å². The summed E-state index contributed by atoms with van der Waals surface area (Å²) in [6.45, 7) is 8.28. The van der Waals surface area contributed by atoms with E-state index in [0.717, 1.165) is 38.1 Å². The van der Waals surface area contributed by atoms with E-state index in [9.17, 15) is 0 Å². The molecule has 1 fully saturated rings. The highest BCUT2D eigenvalue weighted by atomic mass is 16.5. The maximum absolute atomic E-state index is 5.17. The van der Waals surface area contributed by atoms with Crippen LogP contribution < -0.4 is 5.32 Å². The first kappa shape index (κ1) is 19.7. The minimum absolute atomic E-state index is 0.724. The second-order valence-electron chi connectivity index (χ2n) is 6.99. The number of benzene rings is 1. The maximum atomic E-state index is 5.17. The zero-order valence-electron chi connectivity index (χ0n) is 16.3. The van der Waals surface area contributed by atoms with Gasteiger partial charge in [0.05, 0.1) is 6.61 Å². The van der Waals surface area contributed by atoms with Gasteiger partial charge >= 0.3 is 0 Å². The summed E-state index contributed by atoms with van der Waals surface area (Å²) >= 11 is 0. The first-order chi connectivity index (χ1) is 12.1. The number of rotatable bonds is 7. The highest BCUT2D eigenvalue weighted by molar-refractivity contribution is 5.79. The number of nitrogens with one attached hydrogen (secondary N) is 1. The van der Waals surface area contributed by atoms with E-state index in [0.29, 0.717) is 0 Å². The number of nitrogens with zero attached hydrogens (tertiary/aromatic N) is 3. The number of hydrogen-bond acceptors (Lipinski definition) is 3. The van der Waals surface area contributed by atoms with E-state index in [1.165, 1.54) is 37.1 Å². The molecule has 0 bridgehead atoms. The SMILES string of the molecule is CN=C(NCC1CCN(CCOC)CC1)N(C)Cc1ccccc1C. The Morgan fingerprint density at radius 1 is 1.32 bits per heavy atom. The van der Waals surface area contributed by atoms with Crippen LogP contribution in [0.4, 0.5) is 0 Å². The molecular weight excluding hydrogens is 312 g/mol. The maximum Gasteiger partial charge on any atom is 0.193 e. The van der Waals surface area contributed by atoms with Crippen molar-refractivity contribution in [3.63, 3.8) is 0 Å². The van der Waals surface area contributed by atoms with Crippen LogP contribution >= 0.6 is 0 Å². The molecule has 2 rings (SSSR count). The number of piperidine rings is 1. The molecule has 5 nitrogen and oxygen atoms in total. The molecule has 0 atom stereocenters. The van der Waals surface area contributed by atoms with Crippen molar-refractivity contribution in [1.29, 1.82) is 0 Å². The smallest absolute Gasteiger partial charge is 0.193 e. The van der Waals surface area contributed by atoms with Gasteiger partial charge in [-0.1, -0.05) is 24.3 Å². The van der Waals surface area contributed by atoms with E-state index in [4.69, 9.17) is 4.74 Å². The lowest BCUT2D eigenvalue weighted by atomic mass is 9.97. The van der Waals surface area contributed by atoms with E-state index >= 15 is 0 Å². The molecule has 0 amide bonds. The molecule has 1 aromatic carbocycles. The summed E-state index contributed by atoms with van der Waals surface area (Å²) in [7, 11) is 5.74. The Kier molecular flexibility index (Phi) is 8.22. The molecule has 1 saturated heterocycles. The summed E-state index contributed by atoms with van der Waals surface area (Å²) in [5.41, 5.74) is 2.67. The zero-order chi connectivity index (χ0) is 18.1. The number of ether oxygens (including phenoxy) is 1. The van der Waals surface area contributed by atoms with Gasteiger partial charge < -0.3 is 19.9 Å². The summed E-state index contributed by atoms with van der Waals surface area (Å²) in [6.07, 6.45) is 2.49. The number of aliphatic imine (C=N–C) groups is 1. The van der Waals surface area contributed by atoms with Crippen molar-refractivity contribution >= 4 is 5.96 Å². The third-order valence-electron chi connectivity index (χ3n) is 5.11. The highest BCUT2D eigenvalue weighted by Crippen LogP contribution is 2.16. The van der Waals surface area contributed by atoms with E-state index < -0.39 is 0 Å². The number of methoxy groups -OCH3 is 1. The van der Waals surface area contributed by atoms with Crippen molar-refractivity contribution < 1.29 is 4.74 Å². The molecule has 0 radical (unpaired) electrons. The Balaban J connectivity index is 1.76. The predicted octanol–water partition coefficient (Wildman–Crippen LogP) is 2.36. The number of guanidine groups is 1. The summed E-state index contributed by atoms with van der Waals surface area (Å²) < 4.78 is 5.17. The number of likely N-dealkylation sites (tertiary alicyclic amines) is 1. The largest absolute Gasteiger partial charge is 0.383 e. The van der Waals surface area contributed by atoms with Crippen molar-refractivity contribution in [1.82, 2.24) is 15.1 Å². The van der Waals surface area contributed by atoms with Gasteiger partial charge in [0, 0.05) is 40.8 Å². The Morgan fingerprint density at radius 2 is 2.04 bits per heavy atom. The van der Waals surface area contributed by atoms with E-state index in [2.05, 4.69) is 58.3 Å². The molecule has 0 unspecified atom stereocenters. The number of hydrogen-bond donors (Lipinski definition) is 1. The molecule has 0 aromatic heterocycles. The topological polar surface area (TPSA) is 40.1 Å². The molecule has 0 saturated carbocycles. The first-order valence-corrected chi connectivity index (χ1v) is 9.31. The van der Waals surface area contributed by atoms with Gasteiger partial charge in [-0.3, -0.25) is 4.99 Å². The Bertz CT molecular complexity index is 538. The number of aryl methyl sites for hydroxylation is 1. The molecule has 0 spiro atoms. The van der Waals surface area contributed by atoms with Gasteiger partial charge in [-0.2, -0.15) is 0 Å². The average Bonchev–Trinajstić information content (AvgIpc) is 2.63. The summed E-state index contributed by atoms with van der Waals surface area (Å²) in [4.78, 5) is 9.16. The fraction of sp³-hybridized carbons (Fsp3) is 0.650.